The van der Waals surface area contributed by atoms with Crippen LogP contribution in [0, 0.1) is 0 Å². The predicted molar refractivity (Wildman–Crippen MR) is 186 cm³/mol. The predicted octanol–water partition coefficient (Wildman–Crippen LogP) is 12.4. The number of rotatable bonds is 2. The Balaban J connectivity index is 1.38. The Hall–Kier alpha value is -5.11. The molecule has 0 aromatic heterocycles. The third-order valence-corrected chi connectivity index (χ3v) is 8.47. The van der Waals surface area contributed by atoms with Gasteiger partial charge in [-0.05, 0) is 106 Å². The van der Waals surface area contributed by atoms with E-state index in [1.807, 2.05) is 0 Å². The van der Waals surface area contributed by atoms with Gasteiger partial charge in [-0.15, -0.1) is 0 Å². The number of benzene rings is 9. The van der Waals surface area contributed by atoms with Crippen LogP contribution in [0.25, 0.3) is 87.2 Å². The van der Waals surface area contributed by atoms with Crippen LogP contribution in [-0.2, 0) is 0 Å². The van der Waals surface area contributed by atoms with Gasteiger partial charge in [0, 0.05) is 15.2 Å². The van der Waals surface area contributed by atoms with Gasteiger partial charge in [0.15, 0.2) is 0 Å². The van der Waals surface area contributed by atoms with Crippen LogP contribution < -0.4 is 0 Å². The van der Waals surface area contributed by atoms with Gasteiger partial charge in [0.25, 0.3) is 0 Å². The molecule has 0 atom stereocenters. The van der Waals surface area contributed by atoms with Crippen molar-refractivity contribution in [1.82, 2.24) is 0 Å². The van der Waals surface area contributed by atoms with Gasteiger partial charge in [-0.25, -0.2) is 0 Å². The standard InChI is InChI=1S/C42H24S/c1-5-26-13-14-28-15-20-34(36-21-16-27(6-1)40(26)42(28)36)33-10-3-9-31-23-29(17-19-32(31)33)30-18-22-38-37(24-30)35-11-2-7-25-8-4-12-39(43-38)41(25)35/h1-24H/i1D,2D,3D,4D,5D,6D,7D,8D,9D,10D,11D,12D,13D,14D,15D,16D,17D,18D,19D,20D,21D,22D,23D,24D. The van der Waals surface area contributed by atoms with Crippen molar-refractivity contribution in [2.24, 2.45) is 0 Å². The molecule has 0 saturated carbocycles. The Morgan fingerprint density at radius 2 is 0.930 bits per heavy atom. The molecule has 0 aliphatic carbocycles. The summed E-state index contributed by atoms with van der Waals surface area (Å²) in [5.41, 5.74) is -3.13. The maximum Gasteiger partial charge on any atom is 0.0636 e. The molecule has 0 unspecified atom stereocenters. The molecule has 43 heavy (non-hydrogen) atoms. The van der Waals surface area contributed by atoms with Crippen LogP contribution in [-0.4, -0.2) is 0 Å². The second-order valence-electron chi connectivity index (χ2n) is 9.76. The lowest BCUT2D eigenvalue weighted by atomic mass is 9.88. The maximum absolute atomic E-state index is 9.61. The largest absolute Gasteiger partial charge is 0.0888 e. The molecule has 1 heteroatoms. The summed E-state index contributed by atoms with van der Waals surface area (Å²) in [7, 11) is 0. The average molecular weight is 585 g/mol. The first-order chi connectivity index (χ1) is 31.3. The van der Waals surface area contributed by atoms with Gasteiger partial charge in [0.1, 0.15) is 0 Å². The van der Waals surface area contributed by atoms with Crippen molar-refractivity contribution in [2.45, 2.75) is 9.79 Å². The lowest BCUT2D eigenvalue weighted by Gasteiger charge is -2.21. The van der Waals surface area contributed by atoms with Crippen LogP contribution in [0.1, 0.15) is 32.9 Å². The zero-order valence-corrected chi connectivity index (χ0v) is 22.2. The Morgan fingerprint density at radius 3 is 1.79 bits per heavy atom. The van der Waals surface area contributed by atoms with E-state index in [1.54, 1.807) is 0 Å². The van der Waals surface area contributed by atoms with Crippen LogP contribution in [0.3, 0.4) is 0 Å². The van der Waals surface area contributed by atoms with Crippen molar-refractivity contribution in [3.8, 4) is 33.4 Å². The zero-order chi connectivity index (χ0) is 49.0. The summed E-state index contributed by atoms with van der Waals surface area (Å²) in [5, 5.41) is -3.70. The van der Waals surface area contributed by atoms with Crippen molar-refractivity contribution in [2.75, 3.05) is 0 Å². The molecule has 9 aromatic rings. The van der Waals surface area contributed by atoms with Gasteiger partial charge in [-0.3, -0.25) is 0 Å². The van der Waals surface area contributed by atoms with Crippen molar-refractivity contribution < 1.29 is 32.9 Å². The summed E-state index contributed by atoms with van der Waals surface area (Å²) in [5.74, 6) is 0. The molecule has 1 aliphatic rings. The highest BCUT2D eigenvalue weighted by atomic mass is 32.2. The van der Waals surface area contributed by atoms with Crippen LogP contribution >= 0.6 is 11.8 Å². The molecule has 9 aromatic carbocycles. The van der Waals surface area contributed by atoms with E-state index in [0.29, 0.717) is 11.8 Å². The van der Waals surface area contributed by atoms with Crippen molar-refractivity contribution in [3.63, 3.8) is 0 Å². The third-order valence-electron chi connectivity index (χ3n) is 7.45. The van der Waals surface area contributed by atoms with E-state index in [9.17, 15) is 13.7 Å². The highest BCUT2D eigenvalue weighted by Gasteiger charge is 2.20. The number of hydrogen-bond donors (Lipinski definition) is 0. The van der Waals surface area contributed by atoms with Crippen molar-refractivity contribution in [1.29, 1.82) is 0 Å². The van der Waals surface area contributed by atoms with E-state index >= 15 is 0 Å². The summed E-state index contributed by atoms with van der Waals surface area (Å²) in [6, 6.07) is -17.8. The van der Waals surface area contributed by atoms with Crippen LogP contribution in [0.4, 0.5) is 0 Å². The normalized spacial score (nSPS) is 20.4. The first-order valence-corrected chi connectivity index (χ1v) is 13.7. The van der Waals surface area contributed by atoms with E-state index in [1.165, 1.54) is 0 Å². The van der Waals surface area contributed by atoms with Crippen LogP contribution in [0.2, 0.25) is 0 Å². The molecular weight excluding hydrogens is 537 g/mol. The monoisotopic (exact) mass is 584 g/mol. The molecule has 198 valence electrons. The molecule has 1 heterocycles. The highest BCUT2D eigenvalue weighted by molar-refractivity contribution is 7.99. The minimum Gasteiger partial charge on any atom is -0.0888 e. The van der Waals surface area contributed by atoms with Gasteiger partial charge in [-0.2, -0.15) is 0 Å². The summed E-state index contributed by atoms with van der Waals surface area (Å²) in [6.07, 6.45) is 0. The molecule has 0 radical (unpaired) electrons. The van der Waals surface area contributed by atoms with Gasteiger partial charge < -0.3 is 0 Å². The fraction of sp³-hybridized carbons (Fsp3) is 0. The van der Waals surface area contributed by atoms with Crippen LogP contribution in [0.15, 0.2) is 155 Å². The molecule has 10 rings (SSSR count). The summed E-state index contributed by atoms with van der Waals surface area (Å²) in [6.45, 7) is 0. The lowest BCUT2D eigenvalue weighted by molar-refractivity contribution is 1.40. The van der Waals surface area contributed by atoms with Gasteiger partial charge in [-0.1, -0.05) is 133 Å². The molecule has 0 saturated heterocycles. The first-order valence-electron chi connectivity index (χ1n) is 24.9. The molecule has 1 aliphatic heterocycles. The molecule has 0 nitrogen and oxygen atoms in total. The Labute approximate surface area is 287 Å². The minimum absolute atomic E-state index is 0.0622. The zero-order valence-electron chi connectivity index (χ0n) is 45.4. The highest BCUT2D eigenvalue weighted by Crippen LogP contribution is 2.49. The molecule has 0 amide bonds. The fourth-order valence-corrected chi connectivity index (χ4v) is 6.52. The van der Waals surface area contributed by atoms with Gasteiger partial charge >= 0.3 is 0 Å². The van der Waals surface area contributed by atoms with Gasteiger partial charge in [0.05, 0.1) is 32.9 Å². The summed E-state index contributed by atoms with van der Waals surface area (Å²) < 4.78 is 216. The first kappa shape index (κ1) is 10.3. The number of fused-ring (bicyclic) bond motifs is 3. The molecular formula is C42H24S. The smallest absolute Gasteiger partial charge is 0.0636 e. The Bertz CT molecular complexity index is 3900. The van der Waals surface area contributed by atoms with E-state index in [2.05, 4.69) is 0 Å². The SMILES string of the molecule is [2H]c1c([2H])c(-c2c([2H])c([2H])c3c(-c4c([2H])c([2H])c5c([2H])c([2H])c6c([2H])c([2H])c([2H])c7c([2H])c([2H])c4c5c67)c([2H])c([2H])c([2H])c3c2[2H])c([2H])c2c1Sc1c([2H])c([2H])c([2H])c3c([2H])c([2H])c([2H])c-2c13. The third kappa shape index (κ3) is 3.34. The van der Waals surface area contributed by atoms with E-state index in [0.717, 1.165) is 0 Å². The quantitative estimate of drug-likeness (QED) is 0.182. The number of hydrogen-bond acceptors (Lipinski definition) is 1. The van der Waals surface area contributed by atoms with E-state index in [-0.39, 0.29) is 53.2 Å². The second kappa shape index (κ2) is 8.70. The molecule has 0 spiro atoms. The molecule has 0 fully saturated rings. The fourth-order valence-electron chi connectivity index (χ4n) is 5.55. The van der Waals surface area contributed by atoms with Gasteiger partial charge in [0.2, 0.25) is 0 Å². The van der Waals surface area contributed by atoms with E-state index in [4.69, 9.17) is 19.2 Å². The lowest BCUT2D eigenvalue weighted by Crippen LogP contribution is -1.93. The average Bonchev–Trinajstić information content (AvgIpc) is 3.29. The summed E-state index contributed by atoms with van der Waals surface area (Å²) in [4.78, 5) is -0.247. The minimum atomic E-state index is -0.934. The Kier molecular flexibility index (Phi) is 2.08. The second-order valence-corrected chi connectivity index (χ2v) is 10.8. The topological polar surface area (TPSA) is 0 Å². The van der Waals surface area contributed by atoms with Crippen molar-refractivity contribution >= 4 is 65.6 Å². The molecule has 0 N–H and O–H groups in total. The maximum atomic E-state index is 9.61. The Morgan fingerprint density at radius 1 is 0.349 bits per heavy atom. The van der Waals surface area contributed by atoms with E-state index < -0.39 is 189 Å². The molecule has 0 bridgehead atoms. The summed E-state index contributed by atoms with van der Waals surface area (Å²) >= 11 is 0.671. The van der Waals surface area contributed by atoms with Crippen LogP contribution in [0.5, 0.6) is 0 Å². The van der Waals surface area contributed by atoms with Crippen molar-refractivity contribution in [3.05, 3.63) is 145 Å².